The Labute approximate surface area is 129 Å². The van der Waals surface area contributed by atoms with Crippen molar-refractivity contribution in [2.75, 3.05) is 32.5 Å². The van der Waals surface area contributed by atoms with Gasteiger partial charge in [0, 0.05) is 36.9 Å². The molecule has 3 heterocycles. The van der Waals surface area contributed by atoms with Gasteiger partial charge in [0.1, 0.15) is 11.5 Å². The van der Waals surface area contributed by atoms with Crippen LogP contribution in [0.15, 0.2) is 43.1 Å². The van der Waals surface area contributed by atoms with Crippen LogP contribution in [0.2, 0.25) is 0 Å². The maximum absolute atomic E-state index is 4.70. The zero-order chi connectivity index (χ0) is 15.4. The monoisotopic (exact) mass is 296 g/mol. The van der Waals surface area contributed by atoms with Crippen molar-refractivity contribution in [1.82, 2.24) is 24.3 Å². The standard InChI is InChI=1S/C16H20N6/c1-21(2)10-3-6-19-16-15(13-4-7-17-8-5-13)20-14-12-18-9-11-22(14)16/h4-5,7-9,11-12,19H,3,6,10H2,1-2H3. The first kappa shape index (κ1) is 14.5. The number of pyridine rings is 1. The highest BCUT2D eigenvalue weighted by Gasteiger charge is 2.13. The van der Waals surface area contributed by atoms with Crippen LogP contribution in [-0.2, 0) is 0 Å². The number of aromatic nitrogens is 4. The fraction of sp³-hybridized carbons (Fsp3) is 0.312. The minimum absolute atomic E-state index is 0.837. The van der Waals surface area contributed by atoms with Crippen molar-refractivity contribution >= 4 is 11.5 Å². The van der Waals surface area contributed by atoms with Crippen LogP contribution in [0.5, 0.6) is 0 Å². The second-order valence-electron chi connectivity index (χ2n) is 5.43. The Kier molecular flexibility index (Phi) is 4.29. The summed E-state index contributed by atoms with van der Waals surface area (Å²) in [6.07, 6.45) is 10.1. The second kappa shape index (κ2) is 6.53. The van der Waals surface area contributed by atoms with Crippen LogP contribution < -0.4 is 5.32 Å². The number of imidazole rings is 1. The molecule has 0 aliphatic rings. The van der Waals surface area contributed by atoms with Crippen LogP contribution in [0.4, 0.5) is 5.82 Å². The van der Waals surface area contributed by atoms with Crippen LogP contribution >= 0.6 is 0 Å². The predicted octanol–water partition coefficient (Wildman–Crippen LogP) is 2.15. The molecule has 114 valence electrons. The normalized spacial score (nSPS) is 11.2. The molecular weight excluding hydrogens is 276 g/mol. The van der Waals surface area contributed by atoms with E-state index in [9.17, 15) is 0 Å². The fourth-order valence-electron chi connectivity index (χ4n) is 2.39. The van der Waals surface area contributed by atoms with Gasteiger partial charge in [0.15, 0.2) is 5.65 Å². The number of nitrogens with one attached hydrogen (secondary N) is 1. The fourth-order valence-corrected chi connectivity index (χ4v) is 2.39. The van der Waals surface area contributed by atoms with Gasteiger partial charge in [0.2, 0.25) is 0 Å². The summed E-state index contributed by atoms with van der Waals surface area (Å²) in [6, 6.07) is 3.94. The number of hydrogen-bond acceptors (Lipinski definition) is 5. The first-order chi connectivity index (χ1) is 10.8. The third kappa shape index (κ3) is 3.07. The van der Waals surface area contributed by atoms with Gasteiger partial charge in [0.25, 0.3) is 0 Å². The van der Waals surface area contributed by atoms with Gasteiger partial charge in [-0.1, -0.05) is 0 Å². The maximum Gasteiger partial charge on any atom is 0.157 e. The third-order valence-electron chi connectivity index (χ3n) is 3.46. The van der Waals surface area contributed by atoms with E-state index in [2.05, 4.69) is 34.3 Å². The Morgan fingerprint density at radius 3 is 2.73 bits per heavy atom. The van der Waals surface area contributed by atoms with Gasteiger partial charge < -0.3 is 10.2 Å². The molecule has 0 saturated heterocycles. The number of rotatable bonds is 6. The van der Waals surface area contributed by atoms with E-state index < -0.39 is 0 Å². The zero-order valence-electron chi connectivity index (χ0n) is 12.9. The van der Waals surface area contributed by atoms with E-state index in [0.29, 0.717) is 0 Å². The van der Waals surface area contributed by atoms with Gasteiger partial charge in [-0.3, -0.25) is 14.4 Å². The summed E-state index contributed by atoms with van der Waals surface area (Å²) in [7, 11) is 4.17. The summed E-state index contributed by atoms with van der Waals surface area (Å²) in [6.45, 7) is 1.95. The van der Waals surface area contributed by atoms with Gasteiger partial charge in [0.05, 0.1) is 6.20 Å². The highest BCUT2D eigenvalue weighted by atomic mass is 15.1. The van der Waals surface area contributed by atoms with Crippen molar-refractivity contribution in [3.8, 4) is 11.3 Å². The van der Waals surface area contributed by atoms with Crippen LogP contribution in [0.1, 0.15) is 6.42 Å². The van der Waals surface area contributed by atoms with Crippen molar-refractivity contribution < 1.29 is 0 Å². The molecule has 3 aromatic rings. The van der Waals surface area contributed by atoms with Crippen molar-refractivity contribution in [1.29, 1.82) is 0 Å². The summed E-state index contributed by atoms with van der Waals surface area (Å²) in [5, 5.41) is 3.52. The Bertz CT molecular complexity index is 735. The van der Waals surface area contributed by atoms with Crippen LogP contribution in [-0.4, -0.2) is 51.4 Å². The average Bonchev–Trinajstić information content (AvgIpc) is 2.91. The van der Waals surface area contributed by atoms with E-state index in [-0.39, 0.29) is 0 Å². The molecule has 22 heavy (non-hydrogen) atoms. The summed E-state index contributed by atoms with van der Waals surface area (Å²) in [4.78, 5) is 15.1. The first-order valence-electron chi connectivity index (χ1n) is 7.37. The summed E-state index contributed by atoms with van der Waals surface area (Å²) >= 11 is 0. The minimum Gasteiger partial charge on any atom is -0.369 e. The minimum atomic E-state index is 0.837. The van der Waals surface area contributed by atoms with Crippen molar-refractivity contribution in [2.45, 2.75) is 6.42 Å². The lowest BCUT2D eigenvalue weighted by atomic mass is 10.2. The molecule has 0 aliphatic carbocycles. The molecule has 6 nitrogen and oxygen atoms in total. The molecule has 0 amide bonds. The second-order valence-corrected chi connectivity index (χ2v) is 5.43. The molecule has 0 bridgehead atoms. The maximum atomic E-state index is 4.70. The van der Waals surface area contributed by atoms with E-state index >= 15 is 0 Å². The lowest BCUT2D eigenvalue weighted by molar-refractivity contribution is 0.405. The third-order valence-corrected chi connectivity index (χ3v) is 3.46. The lowest BCUT2D eigenvalue weighted by Gasteiger charge is -2.11. The Balaban J connectivity index is 1.92. The molecule has 1 N–H and O–H groups in total. The van der Waals surface area contributed by atoms with E-state index in [1.807, 2.05) is 22.7 Å². The lowest BCUT2D eigenvalue weighted by Crippen LogP contribution is -2.17. The molecule has 0 atom stereocenters. The molecule has 0 spiro atoms. The molecule has 0 aliphatic heterocycles. The molecular formula is C16H20N6. The van der Waals surface area contributed by atoms with Gasteiger partial charge in [-0.05, 0) is 39.2 Å². The smallest absolute Gasteiger partial charge is 0.157 e. The number of anilines is 1. The molecule has 0 saturated carbocycles. The SMILES string of the molecule is CN(C)CCCNc1c(-c2ccncc2)nc2cnccn12. The molecule has 0 aromatic carbocycles. The topological polar surface area (TPSA) is 58.3 Å². The van der Waals surface area contributed by atoms with Gasteiger partial charge in [-0.2, -0.15) is 0 Å². The van der Waals surface area contributed by atoms with E-state index in [1.165, 1.54) is 0 Å². The molecule has 6 heteroatoms. The summed E-state index contributed by atoms with van der Waals surface area (Å²) in [5.41, 5.74) is 2.82. The molecule has 0 unspecified atom stereocenters. The number of hydrogen-bond donors (Lipinski definition) is 1. The Morgan fingerprint density at radius 2 is 1.95 bits per heavy atom. The van der Waals surface area contributed by atoms with Crippen molar-refractivity contribution in [2.24, 2.45) is 0 Å². The van der Waals surface area contributed by atoms with E-state index in [4.69, 9.17) is 4.98 Å². The quantitative estimate of drug-likeness (QED) is 0.706. The highest BCUT2D eigenvalue weighted by Crippen LogP contribution is 2.27. The van der Waals surface area contributed by atoms with E-state index in [1.54, 1.807) is 24.8 Å². The number of fused-ring (bicyclic) bond motifs is 1. The number of nitrogens with zero attached hydrogens (tertiary/aromatic N) is 5. The van der Waals surface area contributed by atoms with E-state index in [0.717, 1.165) is 42.2 Å². The molecule has 3 aromatic heterocycles. The molecule has 0 fully saturated rings. The van der Waals surface area contributed by atoms with Gasteiger partial charge >= 0.3 is 0 Å². The van der Waals surface area contributed by atoms with Crippen LogP contribution in [0.25, 0.3) is 16.9 Å². The average molecular weight is 296 g/mol. The highest BCUT2D eigenvalue weighted by molar-refractivity contribution is 5.75. The van der Waals surface area contributed by atoms with Crippen LogP contribution in [0.3, 0.4) is 0 Å². The van der Waals surface area contributed by atoms with Gasteiger partial charge in [-0.25, -0.2) is 4.98 Å². The summed E-state index contributed by atoms with van der Waals surface area (Å²) in [5.74, 6) is 1.00. The molecule has 0 radical (unpaired) electrons. The largest absolute Gasteiger partial charge is 0.369 e. The first-order valence-corrected chi connectivity index (χ1v) is 7.37. The Morgan fingerprint density at radius 1 is 1.14 bits per heavy atom. The van der Waals surface area contributed by atoms with Crippen molar-refractivity contribution in [3.05, 3.63) is 43.1 Å². The summed E-state index contributed by atoms with van der Waals surface area (Å²) < 4.78 is 2.04. The predicted molar refractivity (Wildman–Crippen MR) is 87.9 cm³/mol. The van der Waals surface area contributed by atoms with Crippen molar-refractivity contribution in [3.63, 3.8) is 0 Å². The Hall–Kier alpha value is -2.47. The molecule has 3 rings (SSSR count). The van der Waals surface area contributed by atoms with Gasteiger partial charge in [-0.15, -0.1) is 0 Å². The zero-order valence-corrected chi connectivity index (χ0v) is 12.9. The van der Waals surface area contributed by atoms with Crippen LogP contribution in [0, 0.1) is 0 Å².